The number of aromatic nitrogens is 1. The minimum absolute atomic E-state index is 0.269. The summed E-state index contributed by atoms with van der Waals surface area (Å²) in [6, 6.07) is 12.4. The Balaban J connectivity index is 2.12. The lowest BCUT2D eigenvalue weighted by Crippen LogP contribution is -2.35. The first-order valence-electron chi connectivity index (χ1n) is 5.41. The summed E-state index contributed by atoms with van der Waals surface area (Å²) in [6.07, 6.45) is 3.26. The summed E-state index contributed by atoms with van der Waals surface area (Å²) >= 11 is 0. The van der Waals surface area contributed by atoms with E-state index in [0.29, 0.717) is 5.56 Å². The predicted octanol–water partition coefficient (Wildman–Crippen LogP) is 2.11. The molecule has 1 amide bonds. The molecule has 0 spiro atoms. The van der Waals surface area contributed by atoms with Crippen molar-refractivity contribution in [2.45, 2.75) is 0 Å². The maximum Gasteiger partial charge on any atom is 0.297 e. The van der Waals surface area contributed by atoms with E-state index in [-0.39, 0.29) is 5.91 Å². The van der Waals surface area contributed by atoms with Crippen LogP contribution in [0, 0.1) is 0 Å². The highest BCUT2D eigenvalue weighted by atomic mass is 16.7. The fourth-order valence-electron chi connectivity index (χ4n) is 1.42. The third-order valence-electron chi connectivity index (χ3n) is 2.30. The molecule has 1 N–H and O–H groups in total. The quantitative estimate of drug-likeness (QED) is 0.836. The second kappa shape index (κ2) is 5.79. The van der Waals surface area contributed by atoms with E-state index in [2.05, 4.69) is 10.4 Å². The van der Waals surface area contributed by atoms with Gasteiger partial charge in [0.1, 0.15) is 0 Å². The van der Waals surface area contributed by atoms with Gasteiger partial charge in [0, 0.05) is 18.0 Å². The third kappa shape index (κ3) is 2.83. The van der Waals surface area contributed by atoms with E-state index in [4.69, 9.17) is 4.84 Å². The van der Waals surface area contributed by atoms with Gasteiger partial charge in [0.25, 0.3) is 5.91 Å². The molecule has 2 rings (SSSR count). The number of hydrazine groups is 1. The maximum atomic E-state index is 12.1. The largest absolute Gasteiger partial charge is 0.297 e. The van der Waals surface area contributed by atoms with Crippen LogP contribution in [0.2, 0.25) is 0 Å². The highest BCUT2D eigenvalue weighted by molar-refractivity contribution is 5.94. The third-order valence-corrected chi connectivity index (χ3v) is 2.30. The minimum Gasteiger partial charge on any atom is -0.271 e. The van der Waals surface area contributed by atoms with Crippen molar-refractivity contribution in [3.63, 3.8) is 0 Å². The monoisotopic (exact) mass is 243 g/mol. The lowest BCUT2D eigenvalue weighted by molar-refractivity contribution is -0.0764. The van der Waals surface area contributed by atoms with Crippen LogP contribution < -0.4 is 5.43 Å². The van der Waals surface area contributed by atoms with Gasteiger partial charge in [-0.05, 0) is 24.3 Å². The van der Waals surface area contributed by atoms with Crippen LogP contribution in [0.15, 0.2) is 54.9 Å². The predicted molar refractivity (Wildman–Crippen MR) is 67.5 cm³/mol. The van der Waals surface area contributed by atoms with Gasteiger partial charge in [0.15, 0.2) is 0 Å². The summed E-state index contributed by atoms with van der Waals surface area (Å²) in [6.45, 7) is 0. The molecule has 0 atom stereocenters. The second-order valence-corrected chi connectivity index (χ2v) is 3.50. The Hall–Kier alpha value is -2.40. The van der Waals surface area contributed by atoms with Crippen LogP contribution in [0.4, 0.5) is 5.69 Å². The molecule has 0 saturated heterocycles. The molecule has 0 bridgehead atoms. The molecule has 5 nitrogen and oxygen atoms in total. The van der Waals surface area contributed by atoms with E-state index in [0.717, 1.165) is 10.9 Å². The molecular weight excluding hydrogens is 230 g/mol. The Morgan fingerprint density at radius 1 is 1.17 bits per heavy atom. The molecule has 5 heteroatoms. The molecule has 1 heterocycles. The summed E-state index contributed by atoms with van der Waals surface area (Å²) in [4.78, 5) is 21.0. The molecular formula is C13H13N3O2. The van der Waals surface area contributed by atoms with Crippen molar-refractivity contribution < 1.29 is 9.63 Å². The van der Waals surface area contributed by atoms with Crippen molar-refractivity contribution in [3.05, 3.63) is 60.4 Å². The van der Waals surface area contributed by atoms with Crippen LogP contribution in [0.5, 0.6) is 0 Å². The zero-order valence-electron chi connectivity index (χ0n) is 9.91. The number of carbonyl (C=O) groups is 1. The van der Waals surface area contributed by atoms with Crippen molar-refractivity contribution in [2.24, 2.45) is 0 Å². The first kappa shape index (κ1) is 12.1. The fourth-order valence-corrected chi connectivity index (χ4v) is 1.42. The number of hydrogen-bond donors (Lipinski definition) is 1. The highest BCUT2D eigenvalue weighted by Crippen LogP contribution is 2.09. The van der Waals surface area contributed by atoms with Gasteiger partial charge in [-0.3, -0.25) is 20.0 Å². The second-order valence-electron chi connectivity index (χ2n) is 3.50. The standard InChI is InChI=1S/C13H13N3O2/c1-18-16(15-12-7-9-14-10-8-12)13(17)11-5-3-2-4-6-11/h2-10H,1H3,(H,14,15). The van der Waals surface area contributed by atoms with Gasteiger partial charge in [0.2, 0.25) is 0 Å². The van der Waals surface area contributed by atoms with E-state index in [1.807, 2.05) is 6.07 Å². The highest BCUT2D eigenvalue weighted by Gasteiger charge is 2.15. The fraction of sp³-hybridized carbons (Fsp3) is 0.0769. The molecule has 2 aromatic rings. The van der Waals surface area contributed by atoms with Crippen LogP contribution in [-0.2, 0) is 4.84 Å². The van der Waals surface area contributed by atoms with Gasteiger partial charge < -0.3 is 0 Å². The summed E-state index contributed by atoms with van der Waals surface area (Å²) in [7, 11) is 1.43. The molecule has 0 unspecified atom stereocenters. The van der Waals surface area contributed by atoms with Crippen LogP contribution in [-0.4, -0.2) is 23.2 Å². The van der Waals surface area contributed by atoms with Gasteiger partial charge in [0.05, 0.1) is 12.8 Å². The van der Waals surface area contributed by atoms with E-state index >= 15 is 0 Å². The number of anilines is 1. The molecule has 0 radical (unpaired) electrons. The van der Waals surface area contributed by atoms with E-state index in [9.17, 15) is 4.79 Å². The Morgan fingerprint density at radius 3 is 2.44 bits per heavy atom. The molecule has 18 heavy (non-hydrogen) atoms. The van der Waals surface area contributed by atoms with Gasteiger partial charge in [-0.2, -0.15) is 0 Å². The van der Waals surface area contributed by atoms with Crippen molar-refractivity contribution in [2.75, 3.05) is 12.5 Å². The smallest absolute Gasteiger partial charge is 0.271 e. The molecule has 1 aromatic carbocycles. The lowest BCUT2D eigenvalue weighted by Gasteiger charge is -2.20. The SMILES string of the molecule is CON(Nc1ccncc1)C(=O)c1ccccc1. The van der Waals surface area contributed by atoms with E-state index in [1.165, 1.54) is 7.11 Å². The number of hydroxylamine groups is 1. The topological polar surface area (TPSA) is 54.5 Å². The van der Waals surface area contributed by atoms with E-state index < -0.39 is 0 Å². The molecule has 0 aliphatic carbocycles. The molecule has 0 aliphatic heterocycles. The number of hydrogen-bond acceptors (Lipinski definition) is 4. The Kier molecular flexibility index (Phi) is 3.88. The van der Waals surface area contributed by atoms with Gasteiger partial charge in [-0.15, -0.1) is 5.17 Å². The van der Waals surface area contributed by atoms with Crippen LogP contribution in [0.25, 0.3) is 0 Å². The summed E-state index contributed by atoms with van der Waals surface area (Å²) in [5.74, 6) is -0.269. The summed E-state index contributed by atoms with van der Waals surface area (Å²) in [5, 5.41) is 1.07. The zero-order chi connectivity index (χ0) is 12.8. The number of benzene rings is 1. The van der Waals surface area contributed by atoms with Gasteiger partial charge >= 0.3 is 0 Å². The average molecular weight is 243 g/mol. The first-order chi connectivity index (χ1) is 8.81. The average Bonchev–Trinajstić information content (AvgIpc) is 2.46. The lowest BCUT2D eigenvalue weighted by atomic mass is 10.2. The molecule has 0 aliphatic rings. The van der Waals surface area contributed by atoms with Crippen molar-refractivity contribution in [1.82, 2.24) is 10.2 Å². The van der Waals surface area contributed by atoms with Gasteiger partial charge in [-0.25, -0.2) is 0 Å². The minimum atomic E-state index is -0.269. The van der Waals surface area contributed by atoms with Crippen molar-refractivity contribution >= 4 is 11.6 Å². The molecule has 92 valence electrons. The van der Waals surface area contributed by atoms with Gasteiger partial charge in [-0.1, -0.05) is 18.2 Å². The van der Waals surface area contributed by atoms with Crippen LogP contribution >= 0.6 is 0 Å². The zero-order valence-corrected chi connectivity index (χ0v) is 9.91. The number of nitrogens with one attached hydrogen (secondary N) is 1. The molecule has 0 saturated carbocycles. The molecule has 0 fully saturated rings. The summed E-state index contributed by atoms with van der Waals surface area (Å²) < 4.78 is 0. The summed E-state index contributed by atoms with van der Waals surface area (Å²) in [5.41, 5.74) is 4.11. The van der Waals surface area contributed by atoms with Crippen LogP contribution in [0.3, 0.4) is 0 Å². The number of nitrogens with zero attached hydrogens (tertiary/aromatic N) is 2. The normalized spacial score (nSPS) is 9.83. The Morgan fingerprint density at radius 2 is 1.83 bits per heavy atom. The van der Waals surface area contributed by atoms with Crippen LogP contribution in [0.1, 0.15) is 10.4 Å². The number of carbonyl (C=O) groups excluding carboxylic acids is 1. The Bertz CT molecular complexity index is 502. The van der Waals surface area contributed by atoms with E-state index in [1.54, 1.807) is 48.8 Å². The Labute approximate surface area is 105 Å². The molecule has 1 aromatic heterocycles. The van der Waals surface area contributed by atoms with Crippen molar-refractivity contribution in [3.8, 4) is 0 Å². The number of amides is 1. The first-order valence-corrected chi connectivity index (χ1v) is 5.41. The number of pyridine rings is 1. The van der Waals surface area contributed by atoms with Crippen molar-refractivity contribution in [1.29, 1.82) is 0 Å². The maximum absolute atomic E-state index is 12.1. The number of rotatable bonds is 4.